The highest BCUT2D eigenvalue weighted by atomic mass is 19.1. The number of rotatable bonds is 6. The lowest BCUT2D eigenvalue weighted by Crippen LogP contribution is -2.45. The summed E-state index contributed by atoms with van der Waals surface area (Å²) in [5.74, 6) is -1.47. The van der Waals surface area contributed by atoms with Crippen LogP contribution < -0.4 is 25.9 Å². The third kappa shape index (κ3) is 4.69. The molecule has 37 heavy (non-hydrogen) atoms. The fraction of sp³-hybridized carbons (Fsp3) is 0.522. The molecule has 1 aromatic carbocycles. The summed E-state index contributed by atoms with van der Waals surface area (Å²) >= 11 is 0. The Morgan fingerprint density at radius 3 is 2.76 bits per heavy atom. The SMILES string of the molecule is C[C@H]1COc2c(N3CCN(C)CC3)c(F)cc3c(=O)c(C(=O)NCC4CN(CC(=O)NO)N=N4)cn1c23. The number of carbonyl (C=O) groups excluding carboxylic acids is 2. The van der Waals surface area contributed by atoms with E-state index in [1.54, 1.807) is 0 Å². The molecule has 1 unspecified atom stereocenters. The molecule has 0 saturated carbocycles. The van der Waals surface area contributed by atoms with E-state index >= 15 is 4.39 Å². The number of hydrogen-bond donors (Lipinski definition) is 3. The number of aromatic nitrogens is 1. The van der Waals surface area contributed by atoms with E-state index in [1.165, 1.54) is 22.8 Å². The van der Waals surface area contributed by atoms with Gasteiger partial charge in [0.05, 0.1) is 23.5 Å². The molecule has 0 radical (unpaired) electrons. The Hall–Kier alpha value is -3.78. The maximum absolute atomic E-state index is 15.5. The molecule has 3 aliphatic heterocycles. The molecule has 3 N–H and O–H groups in total. The van der Waals surface area contributed by atoms with Crippen molar-refractivity contribution in [2.75, 3.05) is 64.4 Å². The highest BCUT2D eigenvalue weighted by molar-refractivity contribution is 6.00. The zero-order chi connectivity index (χ0) is 26.3. The molecule has 14 heteroatoms. The number of hydrogen-bond acceptors (Lipinski definition) is 10. The van der Waals surface area contributed by atoms with E-state index in [4.69, 9.17) is 9.94 Å². The highest BCUT2D eigenvalue weighted by Gasteiger charge is 2.31. The van der Waals surface area contributed by atoms with E-state index in [2.05, 4.69) is 20.6 Å². The largest absolute Gasteiger partial charge is 0.487 e. The van der Waals surface area contributed by atoms with Crippen LogP contribution in [0.2, 0.25) is 0 Å². The predicted molar refractivity (Wildman–Crippen MR) is 131 cm³/mol. The van der Waals surface area contributed by atoms with Gasteiger partial charge in [-0.1, -0.05) is 5.22 Å². The second-order valence-corrected chi connectivity index (χ2v) is 9.61. The van der Waals surface area contributed by atoms with Gasteiger partial charge in [0.1, 0.15) is 30.4 Å². The van der Waals surface area contributed by atoms with Gasteiger partial charge in [-0.3, -0.25) is 24.6 Å². The molecule has 0 bridgehead atoms. The number of nitrogens with zero attached hydrogens (tertiary/aromatic N) is 6. The van der Waals surface area contributed by atoms with Gasteiger partial charge >= 0.3 is 0 Å². The van der Waals surface area contributed by atoms with Crippen molar-refractivity contribution in [1.82, 2.24) is 25.3 Å². The molecule has 1 fully saturated rings. The number of pyridine rings is 1. The quantitative estimate of drug-likeness (QED) is 0.363. The van der Waals surface area contributed by atoms with Gasteiger partial charge in [-0.2, -0.15) is 5.11 Å². The molecule has 4 heterocycles. The predicted octanol–water partition coefficient (Wildman–Crippen LogP) is 0.132. The van der Waals surface area contributed by atoms with Gasteiger partial charge in [0.25, 0.3) is 11.8 Å². The van der Waals surface area contributed by atoms with Crippen LogP contribution in [0.3, 0.4) is 0 Å². The lowest BCUT2D eigenvalue weighted by atomic mass is 10.0. The summed E-state index contributed by atoms with van der Waals surface area (Å²) in [6, 6.07) is 0.598. The maximum atomic E-state index is 15.5. The summed E-state index contributed by atoms with van der Waals surface area (Å²) in [7, 11) is 2.02. The van der Waals surface area contributed by atoms with E-state index < -0.39 is 29.1 Å². The number of halogens is 1. The van der Waals surface area contributed by atoms with Crippen LogP contribution >= 0.6 is 0 Å². The summed E-state index contributed by atoms with van der Waals surface area (Å²) in [6.07, 6.45) is 1.51. The average Bonchev–Trinajstić information content (AvgIpc) is 3.33. The van der Waals surface area contributed by atoms with Crippen LogP contribution in [0.4, 0.5) is 10.1 Å². The minimum Gasteiger partial charge on any atom is -0.487 e. The fourth-order valence-corrected chi connectivity index (χ4v) is 4.87. The van der Waals surface area contributed by atoms with E-state index in [9.17, 15) is 14.4 Å². The van der Waals surface area contributed by atoms with Crippen molar-refractivity contribution in [1.29, 1.82) is 0 Å². The van der Waals surface area contributed by atoms with Crippen LogP contribution in [0.1, 0.15) is 23.3 Å². The van der Waals surface area contributed by atoms with Gasteiger partial charge in [-0.25, -0.2) is 9.87 Å². The normalized spacial score (nSPS) is 21.3. The molecular weight excluding hydrogens is 487 g/mol. The Labute approximate surface area is 211 Å². The van der Waals surface area contributed by atoms with Crippen molar-refractivity contribution in [2.24, 2.45) is 10.3 Å². The van der Waals surface area contributed by atoms with E-state index in [0.717, 1.165) is 13.1 Å². The number of anilines is 1. The third-order valence-electron chi connectivity index (χ3n) is 6.92. The Bertz CT molecular complexity index is 1320. The van der Waals surface area contributed by atoms with Gasteiger partial charge in [-0.15, -0.1) is 0 Å². The molecule has 2 atom stereocenters. The molecule has 13 nitrogen and oxygen atoms in total. The van der Waals surface area contributed by atoms with Crippen LogP contribution in [-0.4, -0.2) is 97.0 Å². The zero-order valence-corrected chi connectivity index (χ0v) is 20.6. The minimum absolute atomic E-state index is 0.0810. The van der Waals surface area contributed by atoms with Crippen molar-refractivity contribution in [2.45, 2.75) is 19.0 Å². The Morgan fingerprint density at radius 2 is 2.03 bits per heavy atom. The van der Waals surface area contributed by atoms with Gasteiger partial charge in [0.2, 0.25) is 5.43 Å². The van der Waals surface area contributed by atoms with Crippen LogP contribution in [-0.2, 0) is 4.79 Å². The lowest BCUT2D eigenvalue weighted by molar-refractivity contribution is -0.130. The van der Waals surface area contributed by atoms with Crippen molar-refractivity contribution in [3.8, 4) is 5.75 Å². The summed E-state index contributed by atoms with van der Waals surface area (Å²) in [5, 5.41) is 20.6. The van der Waals surface area contributed by atoms with Gasteiger partial charge in [0, 0.05) is 38.9 Å². The van der Waals surface area contributed by atoms with Crippen molar-refractivity contribution >= 4 is 28.4 Å². The third-order valence-corrected chi connectivity index (χ3v) is 6.92. The molecule has 198 valence electrons. The lowest BCUT2D eigenvalue weighted by Gasteiger charge is -2.37. The fourth-order valence-electron chi connectivity index (χ4n) is 4.87. The Morgan fingerprint density at radius 1 is 1.27 bits per heavy atom. The molecule has 2 amide bonds. The molecule has 1 aromatic heterocycles. The van der Waals surface area contributed by atoms with Crippen LogP contribution in [0.5, 0.6) is 5.75 Å². The number of nitrogens with one attached hydrogen (secondary N) is 2. The molecule has 0 aliphatic carbocycles. The number of likely N-dealkylation sites (N-methyl/N-ethyl adjacent to an activating group) is 1. The maximum Gasteiger partial charge on any atom is 0.264 e. The van der Waals surface area contributed by atoms with E-state index in [0.29, 0.717) is 30.0 Å². The smallest absolute Gasteiger partial charge is 0.264 e. The summed E-state index contributed by atoms with van der Waals surface area (Å²) < 4.78 is 23.3. The Balaban J connectivity index is 1.42. The number of amides is 2. The molecule has 0 spiro atoms. The van der Waals surface area contributed by atoms with Crippen LogP contribution in [0.15, 0.2) is 27.4 Å². The number of carbonyl (C=O) groups is 2. The van der Waals surface area contributed by atoms with E-state index in [1.807, 2.05) is 23.4 Å². The zero-order valence-electron chi connectivity index (χ0n) is 20.6. The second kappa shape index (κ2) is 9.94. The number of benzene rings is 1. The monoisotopic (exact) mass is 516 g/mol. The number of piperazine rings is 1. The summed E-state index contributed by atoms with van der Waals surface area (Å²) in [5.41, 5.74) is 1.67. The van der Waals surface area contributed by atoms with Crippen LogP contribution in [0.25, 0.3) is 10.9 Å². The number of hydroxylamine groups is 1. The summed E-state index contributed by atoms with van der Waals surface area (Å²) in [6.45, 7) is 5.18. The molecular formula is C23H29FN8O5. The molecule has 1 saturated heterocycles. The first kappa shape index (κ1) is 24.9. The topological polar surface area (TPSA) is 144 Å². The van der Waals surface area contributed by atoms with Crippen molar-refractivity contribution in [3.05, 3.63) is 33.9 Å². The molecule has 2 aromatic rings. The first-order valence-electron chi connectivity index (χ1n) is 12.1. The van der Waals surface area contributed by atoms with Gasteiger partial charge < -0.3 is 24.4 Å². The first-order valence-corrected chi connectivity index (χ1v) is 12.1. The average molecular weight is 517 g/mol. The van der Waals surface area contributed by atoms with Gasteiger partial charge in [-0.05, 0) is 20.0 Å². The van der Waals surface area contributed by atoms with E-state index in [-0.39, 0.29) is 43.2 Å². The Kier molecular flexibility index (Phi) is 6.69. The summed E-state index contributed by atoms with van der Waals surface area (Å²) in [4.78, 5) is 41.8. The van der Waals surface area contributed by atoms with Crippen LogP contribution in [0, 0.1) is 5.82 Å². The number of ether oxygens (including phenoxy) is 1. The molecule has 3 aliphatic rings. The van der Waals surface area contributed by atoms with Crippen molar-refractivity contribution in [3.63, 3.8) is 0 Å². The second-order valence-electron chi connectivity index (χ2n) is 9.61. The van der Waals surface area contributed by atoms with Gasteiger partial charge in [0.15, 0.2) is 11.6 Å². The standard InChI is InChI=1S/C23H29FN8O5/c1-13-12-37-22-19-15(7-17(24)20(22)30-5-3-29(2)4-6-30)21(34)16(10-32(13)19)23(35)25-8-14-9-31(28-26-14)11-18(33)27-36/h7,10,13-14,36H,3-6,8-9,11-12H2,1-2H3,(H,25,35)(H,27,33)/t13-,14?/m0/s1. The highest BCUT2D eigenvalue weighted by Crippen LogP contribution is 2.42. The first-order chi connectivity index (χ1) is 17.8. The van der Waals surface area contributed by atoms with Crippen molar-refractivity contribution < 1.29 is 23.9 Å². The molecule has 5 rings (SSSR count). The minimum atomic E-state index is -0.637.